The Balaban J connectivity index is 4.50. The molecule has 0 amide bonds. The molecule has 0 saturated carbocycles. The molecule has 0 heterocycles. The molecule has 0 aromatic rings. The topological polar surface area (TPSA) is 78.9 Å². The van der Waals surface area contributed by atoms with E-state index in [1.165, 1.54) is 57.8 Å². The number of esters is 3. The number of carbonyl (C=O) groups excluding carboxylic acids is 3. The molecule has 0 aromatic carbocycles. The summed E-state index contributed by atoms with van der Waals surface area (Å²) in [6.07, 6.45) is 70.2. The molecule has 0 aromatic heterocycles. The highest BCUT2D eigenvalue weighted by molar-refractivity contribution is 5.71. The molecule has 0 N–H and O–H groups in total. The largest absolute Gasteiger partial charge is 0.462 e. The van der Waals surface area contributed by atoms with Crippen molar-refractivity contribution in [3.8, 4) is 0 Å². The first-order chi connectivity index (χ1) is 31.5. The molecular formula is C58H92O6. The monoisotopic (exact) mass is 885 g/mol. The Morgan fingerprint density at radius 3 is 0.938 bits per heavy atom. The summed E-state index contributed by atoms with van der Waals surface area (Å²) < 4.78 is 16.7. The van der Waals surface area contributed by atoms with Gasteiger partial charge in [0.15, 0.2) is 6.10 Å². The zero-order chi connectivity index (χ0) is 46.5. The van der Waals surface area contributed by atoms with E-state index < -0.39 is 6.10 Å². The van der Waals surface area contributed by atoms with Crippen molar-refractivity contribution in [3.05, 3.63) is 122 Å². The number of hydrogen-bond acceptors (Lipinski definition) is 6. The van der Waals surface area contributed by atoms with Crippen LogP contribution in [0.25, 0.3) is 0 Å². The standard InChI is InChI=1S/C58H92O6/c1-4-7-10-13-16-19-22-24-26-28-30-32-34-36-39-42-45-48-51-57(60)63-54-55(53-62-56(59)50-47-44-41-38-21-18-15-12-9-6-3)64-58(61)52-49-46-43-40-37-35-33-31-29-27-25-23-20-17-14-11-8-5-2/h10-11,13-14,16-17,19-20,22-33,55H,4-9,12,15,18,21,34-54H2,1-3H3/b13-10-,14-11-,19-16-,20-17-,24-22-,25-23-,28-26-,29-27-,32-30-,33-31-. The van der Waals surface area contributed by atoms with E-state index in [0.717, 1.165) is 109 Å². The van der Waals surface area contributed by atoms with Gasteiger partial charge in [-0.2, -0.15) is 0 Å². The quantitative estimate of drug-likeness (QED) is 0.0262. The van der Waals surface area contributed by atoms with Crippen molar-refractivity contribution in [2.75, 3.05) is 13.2 Å². The molecule has 0 fully saturated rings. The van der Waals surface area contributed by atoms with E-state index in [9.17, 15) is 14.4 Å². The van der Waals surface area contributed by atoms with Crippen LogP contribution in [0.3, 0.4) is 0 Å². The minimum Gasteiger partial charge on any atom is -0.462 e. The highest BCUT2D eigenvalue weighted by Crippen LogP contribution is 2.14. The van der Waals surface area contributed by atoms with Gasteiger partial charge in [0.1, 0.15) is 13.2 Å². The van der Waals surface area contributed by atoms with Crippen molar-refractivity contribution in [2.24, 2.45) is 0 Å². The van der Waals surface area contributed by atoms with Crippen LogP contribution in [0.4, 0.5) is 0 Å². The number of allylic oxidation sites excluding steroid dienone is 20. The number of carbonyl (C=O) groups is 3. The maximum Gasteiger partial charge on any atom is 0.306 e. The van der Waals surface area contributed by atoms with Crippen molar-refractivity contribution in [1.82, 2.24) is 0 Å². The van der Waals surface area contributed by atoms with E-state index in [-0.39, 0.29) is 31.1 Å². The molecule has 0 aliphatic carbocycles. The maximum atomic E-state index is 12.8. The van der Waals surface area contributed by atoms with Crippen molar-refractivity contribution in [1.29, 1.82) is 0 Å². The lowest BCUT2D eigenvalue weighted by molar-refractivity contribution is -0.167. The van der Waals surface area contributed by atoms with Gasteiger partial charge in [-0.15, -0.1) is 0 Å². The molecule has 0 radical (unpaired) electrons. The van der Waals surface area contributed by atoms with Crippen molar-refractivity contribution in [2.45, 2.75) is 213 Å². The zero-order valence-electron chi connectivity index (χ0n) is 41.0. The number of rotatable bonds is 44. The predicted octanol–water partition coefficient (Wildman–Crippen LogP) is 16.9. The van der Waals surface area contributed by atoms with Gasteiger partial charge in [-0.25, -0.2) is 0 Å². The summed E-state index contributed by atoms with van der Waals surface area (Å²) in [5.41, 5.74) is 0. The normalized spacial score (nSPS) is 13.1. The summed E-state index contributed by atoms with van der Waals surface area (Å²) in [4.78, 5) is 37.9. The Morgan fingerprint density at radius 2 is 0.594 bits per heavy atom. The van der Waals surface area contributed by atoms with Gasteiger partial charge in [0.25, 0.3) is 0 Å². The van der Waals surface area contributed by atoms with E-state index in [1.54, 1.807) is 0 Å². The Hall–Kier alpha value is -4.19. The Bertz CT molecular complexity index is 1390. The third-order valence-electron chi connectivity index (χ3n) is 10.4. The summed E-state index contributed by atoms with van der Waals surface area (Å²) >= 11 is 0. The van der Waals surface area contributed by atoms with Crippen LogP contribution in [0, 0.1) is 0 Å². The molecule has 1 atom stereocenters. The second-order valence-electron chi connectivity index (χ2n) is 16.6. The predicted molar refractivity (Wildman–Crippen MR) is 274 cm³/mol. The lowest BCUT2D eigenvalue weighted by Gasteiger charge is -2.18. The fourth-order valence-corrected chi connectivity index (χ4v) is 6.56. The SMILES string of the molecule is CCC\C=C/C=C\C=C/C=C\C=C/CCCCCCCC(=O)OCC(COC(=O)CCCCCCCCCCCC)OC(=O)CCCCCCC\C=C/C=C\C=C/C=C\C=C/CCC. The summed E-state index contributed by atoms with van der Waals surface area (Å²) in [7, 11) is 0. The second-order valence-corrected chi connectivity index (χ2v) is 16.6. The maximum absolute atomic E-state index is 12.8. The van der Waals surface area contributed by atoms with Gasteiger partial charge in [0, 0.05) is 19.3 Å². The number of unbranched alkanes of at least 4 members (excludes halogenated alkanes) is 21. The average molecular weight is 885 g/mol. The van der Waals surface area contributed by atoms with Gasteiger partial charge in [-0.3, -0.25) is 14.4 Å². The lowest BCUT2D eigenvalue weighted by atomic mass is 10.1. The zero-order valence-corrected chi connectivity index (χ0v) is 41.0. The average Bonchev–Trinajstić information content (AvgIpc) is 3.29. The first kappa shape index (κ1) is 59.8. The Kier molecular flexibility index (Phi) is 48.1. The Morgan fingerprint density at radius 1 is 0.312 bits per heavy atom. The molecule has 6 heteroatoms. The van der Waals surface area contributed by atoms with Crippen molar-refractivity contribution >= 4 is 17.9 Å². The summed E-state index contributed by atoms with van der Waals surface area (Å²) in [6, 6.07) is 0. The van der Waals surface area contributed by atoms with Crippen LogP contribution in [0.15, 0.2) is 122 Å². The molecule has 0 rings (SSSR count). The molecular weight excluding hydrogens is 793 g/mol. The molecule has 64 heavy (non-hydrogen) atoms. The van der Waals surface area contributed by atoms with Crippen molar-refractivity contribution < 1.29 is 28.6 Å². The molecule has 6 nitrogen and oxygen atoms in total. The third kappa shape index (κ3) is 48.8. The first-order valence-electron chi connectivity index (χ1n) is 25.7. The van der Waals surface area contributed by atoms with E-state index in [1.807, 2.05) is 72.9 Å². The second kappa shape index (κ2) is 51.4. The van der Waals surface area contributed by atoms with Gasteiger partial charge in [-0.1, -0.05) is 251 Å². The van der Waals surface area contributed by atoms with Gasteiger partial charge in [0.05, 0.1) is 0 Å². The smallest absolute Gasteiger partial charge is 0.306 e. The van der Waals surface area contributed by atoms with Crippen LogP contribution in [0.5, 0.6) is 0 Å². The molecule has 0 aliphatic rings. The van der Waals surface area contributed by atoms with E-state index in [0.29, 0.717) is 19.3 Å². The van der Waals surface area contributed by atoms with E-state index >= 15 is 0 Å². The van der Waals surface area contributed by atoms with Gasteiger partial charge < -0.3 is 14.2 Å². The molecule has 0 aliphatic heterocycles. The molecule has 0 saturated heterocycles. The highest BCUT2D eigenvalue weighted by atomic mass is 16.6. The molecule has 0 bridgehead atoms. The van der Waals surface area contributed by atoms with Crippen LogP contribution in [-0.2, 0) is 28.6 Å². The number of hydrogen-bond donors (Lipinski definition) is 0. The fourth-order valence-electron chi connectivity index (χ4n) is 6.56. The van der Waals surface area contributed by atoms with Crippen LogP contribution in [0.1, 0.15) is 207 Å². The number of ether oxygens (including phenoxy) is 3. The van der Waals surface area contributed by atoms with Gasteiger partial charge >= 0.3 is 17.9 Å². The van der Waals surface area contributed by atoms with Crippen LogP contribution in [-0.4, -0.2) is 37.2 Å². The first-order valence-corrected chi connectivity index (χ1v) is 25.7. The fraction of sp³-hybridized carbons (Fsp3) is 0.603. The summed E-state index contributed by atoms with van der Waals surface area (Å²) in [6.45, 7) is 6.39. The summed E-state index contributed by atoms with van der Waals surface area (Å²) in [5, 5.41) is 0. The summed E-state index contributed by atoms with van der Waals surface area (Å²) in [5.74, 6) is -0.959. The minimum absolute atomic E-state index is 0.0995. The van der Waals surface area contributed by atoms with Crippen LogP contribution < -0.4 is 0 Å². The van der Waals surface area contributed by atoms with Crippen LogP contribution in [0.2, 0.25) is 0 Å². The lowest BCUT2D eigenvalue weighted by Crippen LogP contribution is -2.30. The van der Waals surface area contributed by atoms with Gasteiger partial charge in [0.2, 0.25) is 0 Å². The van der Waals surface area contributed by atoms with E-state index in [4.69, 9.17) is 14.2 Å². The molecule has 0 spiro atoms. The van der Waals surface area contributed by atoms with Gasteiger partial charge in [-0.05, 0) is 57.8 Å². The van der Waals surface area contributed by atoms with E-state index in [2.05, 4.69) is 69.4 Å². The third-order valence-corrected chi connectivity index (χ3v) is 10.4. The highest BCUT2D eigenvalue weighted by Gasteiger charge is 2.19. The van der Waals surface area contributed by atoms with Crippen LogP contribution >= 0.6 is 0 Å². The molecule has 360 valence electrons. The Labute approximate surface area is 392 Å². The minimum atomic E-state index is -0.804. The molecule has 1 unspecified atom stereocenters. The van der Waals surface area contributed by atoms with Crippen molar-refractivity contribution in [3.63, 3.8) is 0 Å².